The van der Waals surface area contributed by atoms with Crippen molar-refractivity contribution in [3.63, 3.8) is 0 Å². The molecule has 2 bridgehead atoms. The van der Waals surface area contributed by atoms with Gasteiger partial charge in [0.1, 0.15) is 11.6 Å². The Morgan fingerprint density at radius 1 is 1.28 bits per heavy atom. The van der Waals surface area contributed by atoms with Crippen molar-refractivity contribution in [2.75, 3.05) is 31.2 Å². The van der Waals surface area contributed by atoms with Crippen LogP contribution in [0.1, 0.15) is 50.2 Å². The van der Waals surface area contributed by atoms with Crippen LogP contribution in [0.25, 0.3) is 0 Å². The van der Waals surface area contributed by atoms with E-state index in [2.05, 4.69) is 6.58 Å². The first-order valence-corrected chi connectivity index (χ1v) is 13.1. The van der Waals surface area contributed by atoms with Crippen LogP contribution in [0, 0.1) is 25.7 Å². The number of carbonyl (C=O) groups is 3. The molecule has 3 aliphatic rings. The Balaban J connectivity index is 1.76. The number of carbonyl (C=O) groups excluding carboxylic acids is 3. The third-order valence-electron chi connectivity index (χ3n) is 7.94. The Morgan fingerprint density at radius 2 is 2.00 bits per heavy atom. The van der Waals surface area contributed by atoms with Gasteiger partial charge in [-0.3, -0.25) is 14.4 Å². The van der Waals surface area contributed by atoms with Crippen molar-refractivity contribution in [3.8, 4) is 0 Å². The summed E-state index contributed by atoms with van der Waals surface area (Å²) in [4.78, 5) is 44.7. The van der Waals surface area contributed by atoms with E-state index in [-0.39, 0.29) is 25.0 Å². The van der Waals surface area contributed by atoms with Crippen LogP contribution in [-0.2, 0) is 23.9 Å². The molecule has 36 heavy (non-hydrogen) atoms. The monoisotopic (exact) mass is 498 g/mol. The molecule has 8 nitrogen and oxygen atoms in total. The average molecular weight is 499 g/mol. The molecule has 3 saturated heterocycles. The molecule has 3 heterocycles. The van der Waals surface area contributed by atoms with Crippen molar-refractivity contribution in [2.45, 2.75) is 70.6 Å². The topological polar surface area (TPSA) is 96.4 Å². The highest BCUT2D eigenvalue weighted by atomic mass is 16.6. The Bertz CT molecular complexity index is 1010. The molecular formula is C28H38N2O6. The number of para-hydroxylation sites is 1. The number of rotatable bonds is 11. The van der Waals surface area contributed by atoms with Crippen molar-refractivity contribution in [1.29, 1.82) is 0 Å². The highest BCUT2D eigenvalue weighted by Gasteiger charge is 2.75. The lowest BCUT2D eigenvalue weighted by Crippen LogP contribution is -2.56. The number of ether oxygens (including phenoxy) is 2. The summed E-state index contributed by atoms with van der Waals surface area (Å²) in [6.07, 6.45) is 4.44. The third-order valence-corrected chi connectivity index (χ3v) is 7.94. The predicted octanol–water partition coefficient (Wildman–Crippen LogP) is 2.92. The summed E-state index contributed by atoms with van der Waals surface area (Å²) >= 11 is 0. The van der Waals surface area contributed by atoms with Crippen LogP contribution in [0.3, 0.4) is 0 Å². The molecule has 2 amide bonds. The molecule has 5 atom stereocenters. The van der Waals surface area contributed by atoms with Gasteiger partial charge in [-0.2, -0.15) is 0 Å². The molecular weight excluding hydrogens is 460 g/mol. The summed E-state index contributed by atoms with van der Waals surface area (Å²) in [5.74, 6) is -2.27. The summed E-state index contributed by atoms with van der Waals surface area (Å²) in [5, 5.41) is 9.20. The van der Waals surface area contributed by atoms with E-state index in [0.29, 0.717) is 38.8 Å². The highest BCUT2D eigenvalue weighted by molar-refractivity contribution is 6.05. The van der Waals surface area contributed by atoms with Gasteiger partial charge < -0.3 is 24.4 Å². The van der Waals surface area contributed by atoms with Crippen molar-refractivity contribution in [2.24, 2.45) is 11.8 Å². The molecule has 0 radical (unpaired) electrons. The first-order chi connectivity index (χ1) is 17.3. The van der Waals surface area contributed by atoms with Crippen LogP contribution in [0.2, 0.25) is 0 Å². The smallest absolute Gasteiger partial charge is 0.312 e. The van der Waals surface area contributed by atoms with Gasteiger partial charge in [0.05, 0.1) is 24.5 Å². The number of unbranched alkanes of at least 4 members (excludes halogenated alkanes) is 2. The summed E-state index contributed by atoms with van der Waals surface area (Å²) in [5.41, 5.74) is 1.67. The predicted molar refractivity (Wildman–Crippen MR) is 135 cm³/mol. The lowest BCUT2D eigenvalue weighted by Gasteiger charge is -2.37. The average Bonchev–Trinajstić information content (AvgIpc) is 3.48. The van der Waals surface area contributed by atoms with Gasteiger partial charge in [0.2, 0.25) is 5.91 Å². The van der Waals surface area contributed by atoms with E-state index in [1.54, 1.807) is 22.8 Å². The van der Waals surface area contributed by atoms with E-state index in [9.17, 15) is 19.5 Å². The highest BCUT2D eigenvalue weighted by Crippen LogP contribution is 2.59. The zero-order chi connectivity index (χ0) is 26.0. The first-order valence-electron chi connectivity index (χ1n) is 13.1. The number of anilines is 1. The summed E-state index contributed by atoms with van der Waals surface area (Å²) in [6.45, 7) is 10.5. The largest absolute Gasteiger partial charge is 0.466 e. The van der Waals surface area contributed by atoms with Crippen LogP contribution in [0.5, 0.6) is 0 Å². The summed E-state index contributed by atoms with van der Waals surface area (Å²) < 4.78 is 11.8. The lowest BCUT2D eigenvalue weighted by atomic mass is 9.70. The molecule has 196 valence electrons. The van der Waals surface area contributed by atoms with Crippen molar-refractivity contribution < 1.29 is 29.0 Å². The Kier molecular flexibility index (Phi) is 7.85. The maximum absolute atomic E-state index is 14.5. The van der Waals surface area contributed by atoms with Crippen LogP contribution < -0.4 is 4.90 Å². The van der Waals surface area contributed by atoms with Crippen molar-refractivity contribution >= 4 is 23.5 Å². The lowest BCUT2D eigenvalue weighted by molar-refractivity contribution is -0.154. The minimum Gasteiger partial charge on any atom is -0.466 e. The van der Waals surface area contributed by atoms with Crippen LogP contribution in [-0.4, -0.2) is 71.8 Å². The molecule has 1 spiro atoms. The second-order valence-electron chi connectivity index (χ2n) is 10.1. The number of amides is 2. The SMILES string of the molecule is C=CCN(C(=O)[C@H]1N(CCCCCO)C(=O)[C@@H]2[C@@H](C(=O)OCC)[C@H]3CC[C@]21O3)c1c(C)cccc1C. The van der Waals surface area contributed by atoms with Gasteiger partial charge >= 0.3 is 5.97 Å². The van der Waals surface area contributed by atoms with E-state index < -0.39 is 35.6 Å². The minimum absolute atomic E-state index is 0.0816. The van der Waals surface area contributed by atoms with Crippen LogP contribution in [0.15, 0.2) is 30.9 Å². The number of aryl methyl sites for hydroxylation is 2. The fourth-order valence-corrected chi connectivity index (χ4v) is 6.55. The zero-order valence-corrected chi connectivity index (χ0v) is 21.6. The van der Waals surface area contributed by atoms with Crippen molar-refractivity contribution in [1.82, 2.24) is 4.90 Å². The number of benzene rings is 1. The molecule has 1 N–H and O–H groups in total. The molecule has 1 aromatic carbocycles. The zero-order valence-electron chi connectivity index (χ0n) is 21.6. The normalized spacial score (nSPS) is 28.3. The first kappa shape index (κ1) is 26.4. The van der Waals surface area contributed by atoms with Gasteiger partial charge in [-0.05, 0) is 64.0 Å². The Morgan fingerprint density at radius 3 is 2.64 bits per heavy atom. The Hall–Kier alpha value is -2.71. The van der Waals surface area contributed by atoms with Gasteiger partial charge in [-0.15, -0.1) is 6.58 Å². The number of aliphatic hydroxyl groups excluding tert-OH is 1. The molecule has 4 rings (SSSR count). The minimum atomic E-state index is -1.05. The van der Waals surface area contributed by atoms with E-state index >= 15 is 0 Å². The van der Waals surface area contributed by atoms with Gasteiger partial charge in [0.15, 0.2) is 0 Å². The molecule has 0 aromatic heterocycles. The molecule has 0 unspecified atom stereocenters. The maximum Gasteiger partial charge on any atom is 0.312 e. The van der Waals surface area contributed by atoms with Gasteiger partial charge in [0.25, 0.3) is 5.91 Å². The fraction of sp³-hybridized carbons (Fsp3) is 0.607. The van der Waals surface area contributed by atoms with E-state index in [0.717, 1.165) is 23.2 Å². The molecule has 1 aromatic rings. The summed E-state index contributed by atoms with van der Waals surface area (Å²) in [7, 11) is 0. The number of nitrogens with zero attached hydrogens (tertiary/aromatic N) is 2. The van der Waals surface area contributed by atoms with Crippen molar-refractivity contribution in [3.05, 3.63) is 42.0 Å². The van der Waals surface area contributed by atoms with Gasteiger partial charge in [0, 0.05) is 25.4 Å². The molecule has 3 fully saturated rings. The van der Waals surface area contributed by atoms with E-state index in [1.807, 2.05) is 32.0 Å². The molecule has 0 saturated carbocycles. The van der Waals surface area contributed by atoms with E-state index in [1.165, 1.54) is 0 Å². The van der Waals surface area contributed by atoms with E-state index in [4.69, 9.17) is 9.47 Å². The quantitative estimate of drug-likeness (QED) is 0.286. The second kappa shape index (κ2) is 10.7. The number of esters is 1. The van der Waals surface area contributed by atoms with Crippen LogP contribution >= 0.6 is 0 Å². The number of fused-ring (bicyclic) bond motifs is 1. The second-order valence-corrected chi connectivity index (χ2v) is 10.1. The Labute approximate surface area is 213 Å². The molecule has 0 aliphatic carbocycles. The van der Waals surface area contributed by atoms with Gasteiger partial charge in [-0.25, -0.2) is 0 Å². The van der Waals surface area contributed by atoms with Crippen LogP contribution in [0.4, 0.5) is 5.69 Å². The number of hydrogen-bond acceptors (Lipinski definition) is 6. The molecule has 3 aliphatic heterocycles. The standard InChI is InChI=1S/C28H38N2O6/c1-5-15-29(23-18(3)11-10-12-19(23)4)26(33)24-28-14-13-20(36-28)21(27(34)35-6-2)22(28)25(32)30(24)16-8-7-9-17-31/h5,10-12,20-22,24,31H,1,6-9,13-17H2,2-4H3/t20-,21+,22+,24-,28+/m1/s1. The number of aliphatic hydroxyl groups is 1. The maximum atomic E-state index is 14.5. The summed E-state index contributed by atoms with van der Waals surface area (Å²) in [6, 6.07) is 5.05. The third kappa shape index (κ3) is 4.24. The number of hydrogen-bond donors (Lipinski definition) is 1. The number of likely N-dealkylation sites (tertiary alicyclic amines) is 1. The molecule has 8 heteroatoms. The van der Waals surface area contributed by atoms with Gasteiger partial charge in [-0.1, -0.05) is 24.3 Å². The fourth-order valence-electron chi connectivity index (χ4n) is 6.55.